The van der Waals surface area contributed by atoms with Crippen molar-refractivity contribution in [2.45, 2.75) is 33.7 Å². The molecule has 0 bridgehead atoms. The minimum absolute atomic E-state index is 0.253. The van der Waals surface area contributed by atoms with Crippen LogP contribution in [0.5, 0.6) is 11.5 Å². The van der Waals surface area contributed by atoms with Crippen molar-refractivity contribution in [1.29, 1.82) is 0 Å². The molecule has 2 N–H and O–H groups in total. The topological polar surface area (TPSA) is 89.8 Å². The van der Waals surface area contributed by atoms with Crippen LogP contribution in [-0.4, -0.2) is 42.4 Å². The zero-order chi connectivity index (χ0) is 24.7. The summed E-state index contributed by atoms with van der Waals surface area (Å²) < 4.78 is 25.9. The molecule has 2 aromatic carbocycles. The zero-order valence-corrected chi connectivity index (χ0v) is 20.1. The molecule has 0 fully saturated rings. The van der Waals surface area contributed by atoms with Crippen LogP contribution in [0.3, 0.4) is 0 Å². The molecule has 0 radical (unpaired) electrons. The lowest BCUT2D eigenvalue weighted by Crippen LogP contribution is -2.36. The van der Waals surface area contributed by atoms with E-state index in [2.05, 4.69) is 27.6 Å². The van der Waals surface area contributed by atoms with Crippen LogP contribution in [0.1, 0.15) is 34.2 Å². The van der Waals surface area contributed by atoms with Gasteiger partial charge in [0, 0.05) is 48.2 Å². The number of nitrogens with one attached hydrogen (secondary N) is 2. The van der Waals surface area contributed by atoms with Gasteiger partial charge in [0.1, 0.15) is 17.3 Å². The molecule has 0 spiro atoms. The van der Waals surface area contributed by atoms with Gasteiger partial charge in [-0.05, 0) is 57.0 Å². The third-order valence-corrected chi connectivity index (χ3v) is 5.42. The van der Waals surface area contributed by atoms with Crippen LogP contribution in [0.15, 0.2) is 47.5 Å². The average Bonchev–Trinajstić information content (AvgIpc) is 3.11. The molecular weight excluding hydrogens is 437 g/mol. The van der Waals surface area contributed by atoms with Gasteiger partial charge in [0.2, 0.25) is 5.96 Å². The minimum Gasteiger partial charge on any atom is -0.497 e. The van der Waals surface area contributed by atoms with Gasteiger partial charge >= 0.3 is 0 Å². The maximum Gasteiger partial charge on any atom is 0.257 e. The Morgan fingerprint density at radius 3 is 2.29 bits per heavy atom. The quantitative estimate of drug-likeness (QED) is 0.384. The molecule has 0 aliphatic carbocycles. The Morgan fingerprint density at radius 2 is 1.74 bits per heavy atom. The second-order valence-electron chi connectivity index (χ2n) is 7.63. The van der Waals surface area contributed by atoms with Gasteiger partial charge in [-0.25, -0.2) is 4.39 Å². The molecule has 0 aliphatic heterocycles. The van der Waals surface area contributed by atoms with Crippen molar-refractivity contribution >= 4 is 17.6 Å². The summed E-state index contributed by atoms with van der Waals surface area (Å²) in [5.41, 5.74) is 4.16. The van der Waals surface area contributed by atoms with Gasteiger partial charge in [0.25, 0.3) is 5.91 Å². The predicted molar refractivity (Wildman–Crippen MR) is 130 cm³/mol. The van der Waals surface area contributed by atoms with E-state index in [1.54, 1.807) is 32.4 Å². The summed E-state index contributed by atoms with van der Waals surface area (Å²) in [5.74, 6) is 0.606. The number of aryl methyl sites for hydroxylation is 2. The highest BCUT2D eigenvalue weighted by Gasteiger charge is 2.13. The normalized spacial score (nSPS) is 11.3. The maximum absolute atomic E-state index is 13.3. The Bertz CT molecular complexity index is 1150. The van der Waals surface area contributed by atoms with Crippen LogP contribution in [-0.2, 0) is 13.0 Å². The number of guanidine groups is 1. The van der Waals surface area contributed by atoms with E-state index in [9.17, 15) is 9.18 Å². The number of aromatic nitrogens is 2. The molecule has 3 aromatic rings. The molecular formula is C25H30FN5O3. The fourth-order valence-electron chi connectivity index (χ4n) is 3.59. The Kier molecular flexibility index (Phi) is 8.24. The molecule has 0 atom stereocenters. The van der Waals surface area contributed by atoms with Gasteiger partial charge in [-0.3, -0.25) is 19.8 Å². The van der Waals surface area contributed by atoms with Crippen molar-refractivity contribution in [3.05, 3.63) is 70.8 Å². The number of methoxy groups -OCH3 is 2. The number of hydrogen-bond acceptors (Lipinski definition) is 5. The Balaban J connectivity index is 1.84. The Hall–Kier alpha value is -3.88. The van der Waals surface area contributed by atoms with E-state index in [1.807, 2.05) is 18.5 Å². The van der Waals surface area contributed by atoms with Crippen molar-refractivity contribution in [2.75, 3.05) is 26.1 Å². The van der Waals surface area contributed by atoms with Crippen molar-refractivity contribution in [1.82, 2.24) is 15.1 Å². The number of ether oxygens (including phenoxy) is 2. The number of hydrogen-bond donors (Lipinski definition) is 2. The highest BCUT2D eigenvalue weighted by atomic mass is 19.1. The first-order valence-corrected chi connectivity index (χ1v) is 11.0. The van der Waals surface area contributed by atoms with E-state index in [1.165, 1.54) is 24.3 Å². The molecule has 0 aliphatic rings. The molecule has 0 saturated heterocycles. The summed E-state index contributed by atoms with van der Waals surface area (Å²) in [6.07, 6.45) is 0.663. The molecule has 34 heavy (non-hydrogen) atoms. The number of carbonyl (C=O) groups is 1. The summed E-state index contributed by atoms with van der Waals surface area (Å²) in [5, 5.41) is 10.5. The van der Waals surface area contributed by atoms with Crippen LogP contribution < -0.4 is 20.1 Å². The number of nitrogens with zero attached hydrogens (tertiary/aromatic N) is 3. The number of rotatable bonds is 8. The summed E-state index contributed by atoms with van der Waals surface area (Å²) in [4.78, 5) is 17.4. The first kappa shape index (κ1) is 24.8. The number of aliphatic imine (C=N–C) groups is 1. The summed E-state index contributed by atoms with van der Waals surface area (Å²) in [6.45, 7) is 7.30. The number of benzene rings is 2. The fraction of sp³-hybridized carbons (Fsp3) is 0.320. The fourth-order valence-corrected chi connectivity index (χ4v) is 3.59. The van der Waals surface area contributed by atoms with E-state index in [4.69, 9.17) is 9.47 Å². The van der Waals surface area contributed by atoms with E-state index >= 15 is 0 Å². The van der Waals surface area contributed by atoms with Gasteiger partial charge in [0.05, 0.1) is 19.9 Å². The highest BCUT2D eigenvalue weighted by molar-refractivity contribution is 6.10. The Morgan fingerprint density at radius 1 is 1.09 bits per heavy atom. The second-order valence-corrected chi connectivity index (χ2v) is 7.63. The van der Waals surface area contributed by atoms with Crippen LogP contribution in [0, 0.1) is 19.7 Å². The lowest BCUT2D eigenvalue weighted by Gasteiger charge is -2.14. The Labute approximate surface area is 198 Å². The molecule has 180 valence electrons. The monoisotopic (exact) mass is 467 g/mol. The van der Waals surface area contributed by atoms with E-state index in [0.29, 0.717) is 35.7 Å². The lowest BCUT2D eigenvalue weighted by molar-refractivity contribution is 0.0977. The van der Waals surface area contributed by atoms with Gasteiger partial charge in [-0.2, -0.15) is 5.10 Å². The van der Waals surface area contributed by atoms with E-state index < -0.39 is 11.7 Å². The molecule has 8 nitrogen and oxygen atoms in total. The zero-order valence-electron chi connectivity index (χ0n) is 20.1. The highest BCUT2D eigenvalue weighted by Crippen LogP contribution is 2.25. The van der Waals surface area contributed by atoms with Crippen molar-refractivity contribution < 1.29 is 18.7 Å². The molecule has 0 unspecified atom stereocenters. The standard InChI is InChI=1S/C25H30FN5O3/c1-6-31-17(3)23(16(2)30-31)11-12-27-25(29-24(32)18-7-9-19(26)10-8-18)28-20-13-21(33-4)15-22(14-20)34-5/h7-10,13-15H,6,11-12H2,1-5H3,(H2,27,28,29,32). The van der Waals surface area contributed by atoms with Crippen molar-refractivity contribution in [3.8, 4) is 11.5 Å². The predicted octanol–water partition coefficient (Wildman–Crippen LogP) is 4.12. The lowest BCUT2D eigenvalue weighted by atomic mass is 10.1. The van der Waals surface area contributed by atoms with Gasteiger partial charge in [-0.15, -0.1) is 0 Å². The minimum atomic E-state index is -0.412. The van der Waals surface area contributed by atoms with Crippen LogP contribution in [0.2, 0.25) is 0 Å². The van der Waals surface area contributed by atoms with Crippen LogP contribution in [0.4, 0.5) is 10.1 Å². The molecule has 0 saturated carbocycles. The van der Waals surface area contributed by atoms with E-state index in [-0.39, 0.29) is 5.96 Å². The first-order chi connectivity index (χ1) is 16.3. The van der Waals surface area contributed by atoms with Gasteiger partial charge in [0.15, 0.2) is 0 Å². The second kappa shape index (κ2) is 11.3. The van der Waals surface area contributed by atoms with Gasteiger partial charge in [-0.1, -0.05) is 0 Å². The molecule has 1 heterocycles. The molecule has 1 amide bonds. The summed E-state index contributed by atoms with van der Waals surface area (Å²) >= 11 is 0. The number of halogens is 1. The van der Waals surface area contributed by atoms with Crippen LogP contribution in [0.25, 0.3) is 0 Å². The summed E-state index contributed by atoms with van der Waals surface area (Å²) in [7, 11) is 3.12. The summed E-state index contributed by atoms with van der Waals surface area (Å²) in [6, 6.07) is 10.6. The SMILES string of the molecule is CCn1nc(C)c(CCN=C(NC(=O)c2ccc(F)cc2)Nc2cc(OC)cc(OC)c2)c1C. The largest absolute Gasteiger partial charge is 0.497 e. The number of anilines is 1. The number of amides is 1. The number of carbonyl (C=O) groups excluding carboxylic acids is 1. The molecule has 1 aromatic heterocycles. The van der Waals surface area contributed by atoms with Crippen molar-refractivity contribution in [3.63, 3.8) is 0 Å². The molecule has 9 heteroatoms. The smallest absolute Gasteiger partial charge is 0.257 e. The van der Waals surface area contributed by atoms with Crippen LogP contribution >= 0.6 is 0 Å². The third kappa shape index (κ3) is 6.12. The average molecular weight is 468 g/mol. The van der Waals surface area contributed by atoms with E-state index in [0.717, 1.165) is 23.5 Å². The first-order valence-electron chi connectivity index (χ1n) is 11.0. The maximum atomic E-state index is 13.3. The third-order valence-electron chi connectivity index (χ3n) is 5.42. The van der Waals surface area contributed by atoms with Gasteiger partial charge < -0.3 is 14.8 Å². The van der Waals surface area contributed by atoms with Crippen molar-refractivity contribution in [2.24, 2.45) is 4.99 Å². The molecule has 3 rings (SSSR count).